The van der Waals surface area contributed by atoms with E-state index in [1.54, 1.807) is 0 Å². The smallest absolute Gasteiger partial charge is 0.160 e. The second kappa shape index (κ2) is 12.4. The first-order valence-electron chi connectivity index (χ1n) is 17.6. The van der Waals surface area contributed by atoms with Crippen molar-refractivity contribution in [2.24, 2.45) is 0 Å². The second-order valence-electron chi connectivity index (χ2n) is 13.2. The number of nitrogens with zero attached hydrogens (tertiary/aromatic N) is 3. The van der Waals surface area contributed by atoms with E-state index in [9.17, 15) is 0 Å². The van der Waals surface area contributed by atoms with Gasteiger partial charge in [0.2, 0.25) is 0 Å². The van der Waals surface area contributed by atoms with E-state index in [1.807, 2.05) is 24.5 Å². The summed E-state index contributed by atoms with van der Waals surface area (Å²) in [4.78, 5) is 14.8. The summed E-state index contributed by atoms with van der Waals surface area (Å²) in [6.45, 7) is 0. The van der Waals surface area contributed by atoms with Crippen LogP contribution in [0.25, 0.3) is 99.2 Å². The van der Waals surface area contributed by atoms with Gasteiger partial charge in [-0.2, -0.15) is 0 Å². The Morgan fingerprint density at radius 1 is 0.308 bits per heavy atom. The molecule has 3 nitrogen and oxygen atoms in total. The Morgan fingerprint density at radius 2 is 0.885 bits per heavy atom. The highest BCUT2D eigenvalue weighted by molar-refractivity contribution is 6.20. The maximum Gasteiger partial charge on any atom is 0.160 e. The van der Waals surface area contributed by atoms with Crippen molar-refractivity contribution in [3.63, 3.8) is 0 Å². The Kier molecular flexibility index (Phi) is 7.14. The zero-order valence-corrected chi connectivity index (χ0v) is 28.2. The highest BCUT2D eigenvalue weighted by Crippen LogP contribution is 2.40. The summed E-state index contributed by atoms with van der Waals surface area (Å²) >= 11 is 0. The number of benzene rings is 8. The average molecular weight is 662 g/mol. The zero-order chi connectivity index (χ0) is 34.4. The van der Waals surface area contributed by atoms with Crippen LogP contribution in [0.5, 0.6) is 0 Å². The third kappa shape index (κ3) is 5.19. The van der Waals surface area contributed by atoms with Gasteiger partial charge in [0.25, 0.3) is 0 Å². The molecular formula is C49H31N3. The molecule has 0 saturated heterocycles. The SMILES string of the molecule is c1ccc(-c2cc(-c3ccc(-c4c5ccccc5cc5c4ccc4ccccc45)cc3)nc(-c3ccc(-c4cncc5ccccc45)cc3)n2)cc1. The van der Waals surface area contributed by atoms with Crippen LogP contribution in [0.4, 0.5) is 0 Å². The molecule has 0 N–H and O–H groups in total. The van der Waals surface area contributed by atoms with Gasteiger partial charge in [0, 0.05) is 40.0 Å². The minimum Gasteiger partial charge on any atom is -0.263 e. The van der Waals surface area contributed by atoms with Crippen molar-refractivity contribution in [1.29, 1.82) is 0 Å². The fourth-order valence-electron chi connectivity index (χ4n) is 7.57. The molecule has 0 amide bonds. The lowest BCUT2D eigenvalue weighted by Crippen LogP contribution is -1.96. The van der Waals surface area contributed by atoms with Gasteiger partial charge in [0.05, 0.1) is 11.4 Å². The van der Waals surface area contributed by atoms with Gasteiger partial charge in [-0.15, -0.1) is 0 Å². The van der Waals surface area contributed by atoms with Crippen molar-refractivity contribution < 1.29 is 0 Å². The third-order valence-electron chi connectivity index (χ3n) is 10.2. The summed E-state index contributed by atoms with van der Waals surface area (Å²) in [5, 5.41) is 9.84. The average Bonchev–Trinajstić information content (AvgIpc) is 3.23. The normalized spacial score (nSPS) is 11.5. The zero-order valence-electron chi connectivity index (χ0n) is 28.2. The van der Waals surface area contributed by atoms with Gasteiger partial charge in [-0.3, -0.25) is 4.98 Å². The Balaban J connectivity index is 1.08. The summed E-state index contributed by atoms with van der Waals surface area (Å²) in [6.07, 6.45) is 3.85. The van der Waals surface area contributed by atoms with E-state index in [0.717, 1.165) is 44.6 Å². The molecule has 0 fully saturated rings. The standard InChI is InChI=1S/C49H31N3/c1-2-11-34(12-3-1)46-29-47(52-49(51-46)37-24-18-33(19-25-37)45-31-50-30-39-14-6-8-16-41(39)45)35-20-22-36(23-21-35)48-42-17-9-5-13-38(42)28-44-40-15-7-4-10-32(40)26-27-43(44)48/h1-31H. The molecular weight excluding hydrogens is 631 g/mol. The van der Waals surface area contributed by atoms with Gasteiger partial charge < -0.3 is 0 Å². The Bertz CT molecular complexity index is 2930. The van der Waals surface area contributed by atoms with Crippen LogP contribution in [0.1, 0.15) is 0 Å². The van der Waals surface area contributed by atoms with E-state index in [-0.39, 0.29) is 0 Å². The summed E-state index contributed by atoms with van der Waals surface area (Å²) in [5.74, 6) is 0.690. The minimum atomic E-state index is 0.690. The van der Waals surface area contributed by atoms with Crippen LogP contribution in [-0.4, -0.2) is 15.0 Å². The molecule has 0 spiro atoms. The van der Waals surface area contributed by atoms with Gasteiger partial charge in [-0.1, -0.05) is 164 Å². The summed E-state index contributed by atoms with van der Waals surface area (Å²) < 4.78 is 0. The highest BCUT2D eigenvalue weighted by atomic mass is 14.9. The molecule has 0 aliphatic heterocycles. The first-order chi connectivity index (χ1) is 25.8. The first kappa shape index (κ1) is 29.9. The number of rotatable bonds is 5. The van der Waals surface area contributed by atoms with Crippen LogP contribution in [-0.2, 0) is 0 Å². The van der Waals surface area contributed by atoms with Crippen molar-refractivity contribution in [3.8, 4) is 56.2 Å². The highest BCUT2D eigenvalue weighted by Gasteiger charge is 2.15. The van der Waals surface area contributed by atoms with E-state index in [4.69, 9.17) is 9.97 Å². The number of fused-ring (bicyclic) bond motifs is 5. The molecule has 8 aromatic carbocycles. The van der Waals surface area contributed by atoms with Gasteiger partial charge in [-0.25, -0.2) is 9.97 Å². The largest absolute Gasteiger partial charge is 0.263 e. The Hall–Kier alpha value is -6.97. The van der Waals surface area contributed by atoms with Crippen molar-refractivity contribution in [2.45, 2.75) is 0 Å². The number of aromatic nitrogens is 3. The summed E-state index contributed by atoms with van der Waals surface area (Å²) in [5.41, 5.74) is 9.47. The molecule has 242 valence electrons. The lowest BCUT2D eigenvalue weighted by molar-refractivity contribution is 1.18. The molecule has 0 atom stereocenters. The van der Waals surface area contributed by atoms with Crippen molar-refractivity contribution in [3.05, 3.63) is 188 Å². The number of hydrogen-bond acceptors (Lipinski definition) is 3. The first-order valence-corrected chi connectivity index (χ1v) is 17.6. The van der Waals surface area contributed by atoms with Gasteiger partial charge in [0.1, 0.15) is 0 Å². The van der Waals surface area contributed by atoms with Crippen LogP contribution in [0.15, 0.2) is 188 Å². The monoisotopic (exact) mass is 661 g/mol. The predicted octanol–water partition coefficient (Wildman–Crippen LogP) is 12.8. The van der Waals surface area contributed by atoms with Crippen molar-refractivity contribution in [1.82, 2.24) is 15.0 Å². The van der Waals surface area contributed by atoms with E-state index < -0.39 is 0 Å². The molecule has 0 unspecified atom stereocenters. The van der Waals surface area contributed by atoms with Gasteiger partial charge >= 0.3 is 0 Å². The maximum atomic E-state index is 5.16. The van der Waals surface area contributed by atoms with Crippen molar-refractivity contribution in [2.75, 3.05) is 0 Å². The van der Waals surface area contributed by atoms with Crippen molar-refractivity contribution >= 4 is 43.1 Å². The molecule has 10 aromatic rings. The topological polar surface area (TPSA) is 38.7 Å². The van der Waals surface area contributed by atoms with Crippen LogP contribution in [0.3, 0.4) is 0 Å². The van der Waals surface area contributed by atoms with Crippen LogP contribution < -0.4 is 0 Å². The Labute approximate surface area is 301 Å². The fraction of sp³-hybridized carbons (Fsp3) is 0. The molecule has 0 radical (unpaired) electrons. The fourth-order valence-corrected chi connectivity index (χ4v) is 7.57. The molecule has 0 bridgehead atoms. The quantitative estimate of drug-likeness (QED) is 0.136. The van der Waals surface area contributed by atoms with Crippen LogP contribution in [0, 0.1) is 0 Å². The number of hydrogen-bond donors (Lipinski definition) is 0. The summed E-state index contributed by atoms with van der Waals surface area (Å²) in [7, 11) is 0. The Morgan fingerprint density at radius 3 is 1.65 bits per heavy atom. The van der Waals surface area contributed by atoms with E-state index in [2.05, 4.69) is 169 Å². The van der Waals surface area contributed by atoms with Gasteiger partial charge in [-0.05, 0) is 66.5 Å². The maximum absolute atomic E-state index is 5.16. The van der Waals surface area contributed by atoms with Crippen LogP contribution in [0.2, 0.25) is 0 Å². The molecule has 10 rings (SSSR count). The molecule has 2 aromatic heterocycles. The van der Waals surface area contributed by atoms with Gasteiger partial charge in [0.15, 0.2) is 5.82 Å². The van der Waals surface area contributed by atoms with E-state index in [1.165, 1.54) is 48.8 Å². The second-order valence-corrected chi connectivity index (χ2v) is 13.2. The van der Waals surface area contributed by atoms with E-state index in [0.29, 0.717) is 5.82 Å². The number of pyridine rings is 1. The minimum absolute atomic E-state index is 0.690. The molecule has 2 heterocycles. The van der Waals surface area contributed by atoms with E-state index >= 15 is 0 Å². The lowest BCUT2D eigenvalue weighted by atomic mass is 9.89. The lowest BCUT2D eigenvalue weighted by Gasteiger charge is -2.15. The molecule has 0 saturated carbocycles. The molecule has 0 aliphatic carbocycles. The molecule has 3 heteroatoms. The predicted molar refractivity (Wildman–Crippen MR) is 217 cm³/mol. The molecule has 52 heavy (non-hydrogen) atoms. The molecule has 0 aliphatic rings. The van der Waals surface area contributed by atoms with Crippen LogP contribution >= 0.6 is 0 Å². The summed E-state index contributed by atoms with van der Waals surface area (Å²) in [6, 6.07) is 62.4. The third-order valence-corrected chi connectivity index (χ3v) is 10.2.